The van der Waals surface area contributed by atoms with Gasteiger partial charge in [0.2, 0.25) is 5.88 Å². The van der Waals surface area contributed by atoms with Crippen LogP contribution in [0.2, 0.25) is 0 Å². The van der Waals surface area contributed by atoms with Crippen molar-refractivity contribution in [2.24, 2.45) is 5.92 Å². The van der Waals surface area contributed by atoms with Gasteiger partial charge >= 0.3 is 0 Å². The summed E-state index contributed by atoms with van der Waals surface area (Å²) in [5.74, 6) is -0.770. The molecule has 0 amide bonds. The fourth-order valence-electron chi connectivity index (χ4n) is 3.23. The van der Waals surface area contributed by atoms with E-state index in [2.05, 4.69) is 15.1 Å². The summed E-state index contributed by atoms with van der Waals surface area (Å²) >= 11 is 0. The molecule has 2 aromatic heterocycles. The van der Waals surface area contributed by atoms with Crippen molar-refractivity contribution in [3.8, 4) is 17.3 Å². The van der Waals surface area contributed by atoms with E-state index in [0.717, 1.165) is 0 Å². The van der Waals surface area contributed by atoms with Crippen LogP contribution in [0.4, 0.5) is 4.39 Å². The van der Waals surface area contributed by atoms with E-state index in [1.165, 1.54) is 36.0 Å². The number of nitrogens with zero attached hydrogens (tertiary/aromatic N) is 4. The number of ether oxygens (including phenoxy) is 1. The summed E-state index contributed by atoms with van der Waals surface area (Å²) in [5.41, 5.74) is 0.554. The molecule has 0 atom stereocenters. The zero-order valence-electron chi connectivity index (χ0n) is 16.6. The lowest BCUT2D eigenvalue weighted by Crippen LogP contribution is -2.32. The molecule has 2 heterocycles. The number of aromatic nitrogens is 4. The van der Waals surface area contributed by atoms with Crippen LogP contribution in [0.1, 0.15) is 25.6 Å². The molecular formula is C19H21FN4O6S. The lowest BCUT2D eigenvalue weighted by molar-refractivity contribution is 0.0202. The molecule has 10 nitrogen and oxygen atoms in total. The Morgan fingerprint density at radius 3 is 2.77 bits per heavy atom. The third-order valence-electron chi connectivity index (χ3n) is 5.01. The standard InChI is InChI=1S/C19H21FN4O6S/c1-2-31(27,28)30-10-17-22-18-14(19(26)23-17)8-21-24(18)15-4-3-12(20)7-16(15)29-9-11-5-13(25)6-11/h3-4,7-8,11,13,25H,2,5-6,9-10H2,1H3,(H,22,23,26). The topological polar surface area (TPSA) is 137 Å². The third kappa shape index (κ3) is 4.60. The summed E-state index contributed by atoms with van der Waals surface area (Å²) in [4.78, 5) is 8.12. The van der Waals surface area contributed by atoms with Crippen LogP contribution in [0.5, 0.6) is 11.6 Å². The Hall–Kier alpha value is -2.83. The van der Waals surface area contributed by atoms with Crippen molar-refractivity contribution in [1.29, 1.82) is 0 Å². The molecule has 166 valence electrons. The van der Waals surface area contributed by atoms with Crippen LogP contribution >= 0.6 is 0 Å². The van der Waals surface area contributed by atoms with E-state index in [1.807, 2.05) is 0 Å². The Bertz CT molecular complexity index is 1210. The molecule has 0 radical (unpaired) electrons. The number of rotatable bonds is 8. The van der Waals surface area contributed by atoms with E-state index in [0.29, 0.717) is 25.1 Å². The minimum atomic E-state index is -3.72. The van der Waals surface area contributed by atoms with Crippen LogP contribution < -0.4 is 4.74 Å². The molecule has 31 heavy (non-hydrogen) atoms. The van der Waals surface area contributed by atoms with Crippen LogP contribution in [-0.2, 0) is 20.9 Å². The van der Waals surface area contributed by atoms with Gasteiger partial charge in [-0.3, -0.25) is 4.18 Å². The minimum absolute atomic E-state index is 0.0585. The molecule has 0 saturated heterocycles. The largest absolute Gasteiger partial charge is 0.493 e. The maximum Gasteiger partial charge on any atom is 0.267 e. The van der Waals surface area contributed by atoms with Crippen LogP contribution in [0.25, 0.3) is 16.7 Å². The van der Waals surface area contributed by atoms with Crippen molar-refractivity contribution in [2.75, 3.05) is 12.4 Å². The number of halogens is 1. The molecule has 12 heteroatoms. The third-order valence-corrected chi connectivity index (χ3v) is 6.20. The molecule has 1 aliphatic rings. The average molecular weight is 452 g/mol. The van der Waals surface area contributed by atoms with Gasteiger partial charge in [0.25, 0.3) is 10.1 Å². The number of benzene rings is 1. The van der Waals surface area contributed by atoms with Gasteiger partial charge in [0.15, 0.2) is 11.5 Å². The van der Waals surface area contributed by atoms with Gasteiger partial charge < -0.3 is 14.9 Å². The number of aromatic hydroxyl groups is 1. The predicted molar refractivity (Wildman–Crippen MR) is 107 cm³/mol. The highest BCUT2D eigenvalue weighted by Gasteiger charge is 2.28. The molecule has 2 N–H and O–H groups in total. The van der Waals surface area contributed by atoms with Gasteiger partial charge in [0.05, 0.1) is 24.7 Å². The Balaban J connectivity index is 1.67. The molecule has 0 unspecified atom stereocenters. The fourth-order valence-corrected chi connectivity index (χ4v) is 3.68. The lowest BCUT2D eigenvalue weighted by atomic mass is 9.83. The molecule has 1 aromatic carbocycles. The molecule has 3 aromatic rings. The van der Waals surface area contributed by atoms with Crippen LogP contribution in [0.15, 0.2) is 24.4 Å². The van der Waals surface area contributed by atoms with Crippen molar-refractivity contribution in [2.45, 2.75) is 32.5 Å². The van der Waals surface area contributed by atoms with Crippen LogP contribution in [0.3, 0.4) is 0 Å². The molecule has 0 spiro atoms. The highest BCUT2D eigenvalue weighted by Crippen LogP contribution is 2.32. The maximum atomic E-state index is 13.9. The number of aliphatic hydroxyl groups excluding tert-OH is 1. The van der Waals surface area contributed by atoms with Gasteiger partial charge in [-0.05, 0) is 37.8 Å². The minimum Gasteiger partial charge on any atom is -0.493 e. The SMILES string of the molecule is CCS(=O)(=O)OCc1nc(O)c2cnn(-c3ccc(F)cc3OCC3CC(O)C3)c2n1. The zero-order chi connectivity index (χ0) is 22.2. The zero-order valence-corrected chi connectivity index (χ0v) is 17.4. The summed E-state index contributed by atoms with van der Waals surface area (Å²) < 4.78 is 49.0. The molecule has 1 aliphatic carbocycles. The van der Waals surface area contributed by atoms with E-state index in [9.17, 15) is 23.0 Å². The molecule has 1 saturated carbocycles. The van der Waals surface area contributed by atoms with Gasteiger partial charge in [-0.25, -0.2) is 14.1 Å². The van der Waals surface area contributed by atoms with Gasteiger partial charge in [-0.15, -0.1) is 0 Å². The fraction of sp³-hybridized carbons (Fsp3) is 0.421. The van der Waals surface area contributed by atoms with E-state index >= 15 is 0 Å². The molecule has 4 rings (SSSR count). The van der Waals surface area contributed by atoms with Gasteiger partial charge in [0, 0.05) is 6.07 Å². The van der Waals surface area contributed by atoms with Crippen molar-refractivity contribution in [3.05, 3.63) is 36.0 Å². The smallest absolute Gasteiger partial charge is 0.267 e. The second-order valence-electron chi connectivity index (χ2n) is 7.28. The highest BCUT2D eigenvalue weighted by molar-refractivity contribution is 7.86. The summed E-state index contributed by atoms with van der Waals surface area (Å²) in [6.07, 6.45) is 2.27. The van der Waals surface area contributed by atoms with Crippen LogP contribution in [-0.4, -0.2) is 56.8 Å². The first-order chi connectivity index (χ1) is 14.8. The molecule has 1 fully saturated rings. The summed E-state index contributed by atoms with van der Waals surface area (Å²) in [6, 6.07) is 3.92. The molecule has 0 bridgehead atoms. The van der Waals surface area contributed by atoms with Crippen molar-refractivity contribution < 1.29 is 31.9 Å². The quantitative estimate of drug-likeness (QED) is 0.489. The number of hydrogen-bond donors (Lipinski definition) is 2. The predicted octanol–water partition coefficient (Wildman–Crippen LogP) is 1.68. The van der Waals surface area contributed by atoms with E-state index in [1.54, 1.807) is 0 Å². The second kappa shape index (κ2) is 8.36. The Kier molecular flexibility index (Phi) is 5.77. The van der Waals surface area contributed by atoms with E-state index < -0.39 is 28.4 Å². The van der Waals surface area contributed by atoms with E-state index in [-0.39, 0.29) is 40.4 Å². The Labute approximate surface area is 177 Å². The van der Waals surface area contributed by atoms with Crippen molar-refractivity contribution >= 4 is 21.2 Å². The Morgan fingerprint density at radius 2 is 2.06 bits per heavy atom. The second-order valence-corrected chi connectivity index (χ2v) is 9.21. The van der Waals surface area contributed by atoms with Gasteiger partial charge in [0.1, 0.15) is 29.2 Å². The van der Waals surface area contributed by atoms with Crippen molar-refractivity contribution in [1.82, 2.24) is 19.7 Å². The molecular weight excluding hydrogens is 431 g/mol. The summed E-state index contributed by atoms with van der Waals surface area (Å²) in [6.45, 7) is 1.29. The summed E-state index contributed by atoms with van der Waals surface area (Å²) in [5, 5.41) is 24.1. The monoisotopic (exact) mass is 452 g/mol. The highest BCUT2D eigenvalue weighted by atomic mass is 32.2. The van der Waals surface area contributed by atoms with Gasteiger partial charge in [-0.2, -0.15) is 18.5 Å². The van der Waals surface area contributed by atoms with Gasteiger partial charge in [-0.1, -0.05) is 0 Å². The van der Waals surface area contributed by atoms with Crippen LogP contribution in [0, 0.1) is 11.7 Å². The maximum absolute atomic E-state index is 13.9. The molecule has 0 aliphatic heterocycles. The summed E-state index contributed by atoms with van der Waals surface area (Å²) in [7, 11) is -3.72. The van der Waals surface area contributed by atoms with E-state index in [4.69, 9.17) is 8.92 Å². The Morgan fingerprint density at radius 1 is 1.29 bits per heavy atom. The lowest BCUT2D eigenvalue weighted by Gasteiger charge is -2.31. The number of aliphatic hydroxyl groups is 1. The normalized spacial score (nSPS) is 18.8. The first kappa shape index (κ1) is 21.4. The number of hydrogen-bond acceptors (Lipinski definition) is 9. The average Bonchev–Trinajstić information content (AvgIpc) is 3.13. The number of fused-ring (bicyclic) bond motifs is 1. The van der Waals surface area contributed by atoms with Crippen molar-refractivity contribution in [3.63, 3.8) is 0 Å². The first-order valence-corrected chi connectivity index (χ1v) is 11.2. The first-order valence-electron chi connectivity index (χ1n) is 9.67.